The van der Waals surface area contributed by atoms with E-state index in [1.165, 1.54) is 6.20 Å². The van der Waals surface area contributed by atoms with E-state index in [1.807, 2.05) is 0 Å². The minimum Gasteiger partial charge on any atom is -0.480 e. The van der Waals surface area contributed by atoms with Crippen LogP contribution in [0.25, 0.3) is 16.5 Å². The quantitative estimate of drug-likeness (QED) is 0.319. The van der Waals surface area contributed by atoms with E-state index in [-0.39, 0.29) is 23.1 Å². The number of rotatable bonds is 5. The van der Waals surface area contributed by atoms with Crippen LogP contribution < -0.4 is 0 Å². The van der Waals surface area contributed by atoms with Crippen molar-refractivity contribution in [3.8, 4) is 0 Å². The number of carbonyl (C=O) groups is 2. The Balaban J connectivity index is 1.53. The molecule has 2 aromatic carbocycles. The van der Waals surface area contributed by atoms with Gasteiger partial charge in [-0.05, 0) is 59.1 Å². The molecule has 0 unspecified atom stereocenters. The highest BCUT2D eigenvalue weighted by Crippen LogP contribution is 2.42. The van der Waals surface area contributed by atoms with Crippen LogP contribution in [0.2, 0.25) is 0 Å². The Hall–Kier alpha value is -3.85. The molecule has 0 aliphatic carbocycles. The molecule has 2 N–H and O–H groups in total. The minimum absolute atomic E-state index is 0.0591. The van der Waals surface area contributed by atoms with E-state index in [0.29, 0.717) is 53.9 Å². The van der Waals surface area contributed by atoms with Gasteiger partial charge in [-0.2, -0.15) is 36.4 Å². The maximum atomic E-state index is 14.0. The van der Waals surface area contributed by atoms with Gasteiger partial charge in [0.05, 0.1) is 34.3 Å². The van der Waals surface area contributed by atoms with Gasteiger partial charge in [-0.25, -0.2) is 0 Å². The van der Waals surface area contributed by atoms with Gasteiger partial charge in [0, 0.05) is 31.6 Å². The number of carbonyl (C=O) groups excluding carboxylic acids is 1. The highest BCUT2D eigenvalue weighted by atomic mass is 32.2. The molecule has 0 radical (unpaired) electrons. The molecule has 5 rings (SSSR count). The lowest BCUT2D eigenvalue weighted by Gasteiger charge is -2.34. The number of allylic oxidation sites excluding steroid dienone is 1. The Bertz CT molecular complexity index is 1570. The second kappa shape index (κ2) is 10.9. The number of aliphatic imine (C=N–C) groups is 1. The van der Waals surface area contributed by atoms with Gasteiger partial charge in [-0.15, -0.1) is 0 Å². The number of carboxylic acid groups (broad SMARTS) is 1. The number of carboxylic acids is 1. The average molecular weight is 598 g/mol. The summed E-state index contributed by atoms with van der Waals surface area (Å²) >= 11 is 0.977. The number of fused-ring (bicyclic) bond motifs is 1. The number of thioether (sulfide) groups is 1. The maximum Gasteiger partial charge on any atom is 0.416 e. The molecule has 0 atom stereocenters. The summed E-state index contributed by atoms with van der Waals surface area (Å²) in [5, 5.41) is 16.7. The van der Waals surface area contributed by atoms with Crippen molar-refractivity contribution in [2.45, 2.75) is 18.8 Å². The topological polar surface area (TPSA) is 102 Å². The van der Waals surface area contributed by atoms with Gasteiger partial charge in [0.2, 0.25) is 0 Å². The Morgan fingerprint density at radius 1 is 1.00 bits per heavy atom. The highest BCUT2D eigenvalue weighted by molar-refractivity contribution is 8.18. The second-order valence-corrected chi connectivity index (χ2v) is 10.5. The first-order valence-corrected chi connectivity index (χ1v) is 13.0. The van der Waals surface area contributed by atoms with Crippen molar-refractivity contribution in [3.05, 3.63) is 69.8 Å². The molecule has 2 aliphatic rings. The first-order chi connectivity index (χ1) is 19.3. The molecule has 1 fully saturated rings. The standard InChI is InChI=1S/C26H21F6N5O3S/c27-25(28,29)17-3-1-15(19(11-17)26(30,31)32)10-18(14-2-4-20-16(9-14)12-33-35-20)22-23(40)34-24(41-22)37-7-5-36(6-8-37)13-21(38)39/h1-4,9,11-12H,5-8,10,13H2,(H,33,35)(H,38,39). The van der Waals surface area contributed by atoms with Crippen molar-refractivity contribution >= 4 is 45.3 Å². The highest BCUT2D eigenvalue weighted by Gasteiger charge is 2.39. The van der Waals surface area contributed by atoms with Crippen molar-refractivity contribution in [3.63, 3.8) is 0 Å². The van der Waals surface area contributed by atoms with E-state index in [4.69, 9.17) is 5.11 Å². The molecule has 41 heavy (non-hydrogen) atoms. The van der Waals surface area contributed by atoms with Crippen LogP contribution in [0, 0.1) is 0 Å². The molecule has 0 spiro atoms. The summed E-state index contributed by atoms with van der Waals surface area (Å²) in [6.45, 7) is 1.44. The molecule has 216 valence electrons. The van der Waals surface area contributed by atoms with Gasteiger partial charge in [-0.1, -0.05) is 12.1 Å². The van der Waals surface area contributed by atoms with Crippen LogP contribution >= 0.6 is 11.8 Å². The third-order valence-electron chi connectivity index (χ3n) is 6.76. The van der Waals surface area contributed by atoms with Crippen LogP contribution in [-0.2, 0) is 28.4 Å². The monoisotopic (exact) mass is 597 g/mol. The SMILES string of the molecule is O=C(O)CN1CCN(C2=NC(=O)C(=C(Cc3ccc(C(F)(F)F)cc3C(F)(F)F)c3ccc4[nH]ncc4c3)S2)CC1. The Kier molecular flexibility index (Phi) is 7.59. The van der Waals surface area contributed by atoms with E-state index in [2.05, 4.69) is 15.2 Å². The van der Waals surface area contributed by atoms with Crippen molar-refractivity contribution in [2.75, 3.05) is 32.7 Å². The number of hydrogen-bond donors (Lipinski definition) is 2. The third-order valence-corrected chi connectivity index (χ3v) is 7.92. The molecule has 15 heteroatoms. The Labute approximate surface area is 232 Å². The van der Waals surface area contributed by atoms with Crippen molar-refractivity contribution in [1.29, 1.82) is 0 Å². The number of amidine groups is 1. The van der Waals surface area contributed by atoms with Crippen LogP contribution in [0.5, 0.6) is 0 Å². The maximum absolute atomic E-state index is 14.0. The number of benzene rings is 2. The molecule has 2 aliphatic heterocycles. The van der Waals surface area contributed by atoms with Gasteiger partial charge in [0.25, 0.3) is 5.91 Å². The number of hydrogen-bond acceptors (Lipinski definition) is 6. The molecular weight excluding hydrogens is 576 g/mol. The van der Waals surface area contributed by atoms with Crippen molar-refractivity contribution < 1.29 is 41.0 Å². The third kappa shape index (κ3) is 6.25. The Morgan fingerprint density at radius 3 is 2.39 bits per heavy atom. The van der Waals surface area contributed by atoms with Crippen molar-refractivity contribution in [1.82, 2.24) is 20.0 Å². The number of piperazine rings is 1. The van der Waals surface area contributed by atoms with Crippen molar-refractivity contribution in [2.24, 2.45) is 4.99 Å². The fourth-order valence-corrected chi connectivity index (χ4v) is 5.78. The molecular formula is C26H21F6N5O3S. The van der Waals surface area contributed by atoms with Gasteiger partial charge in [0.1, 0.15) is 0 Å². The smallest absolute Gasteiger partial charge is 0.416 e. The first-order valence-electron chi connectivity index (χ1n) is 12.2. The number of aromatic nitrogens is 2. The van der Waals surface area contributed by atoms with Crippen LogP contribution in [0.3, 0.4) is 0 Å². The minimum atomic E-state index is -5.08. The number of nitrogens with one attached hydrogen (secondary N) is 1. The number of aliphatic carboxylic acids is 1. The van der Waals surface area contributed by atoms with Gasteiger partial charge in [-0.3, -0.25) is 19.6 Å². The molecule has 3 aromatic rings. The number of alkyl halides is 6. The summed E-state index contributed by atoms with van der Waals surface area (Å²) in [4.78, 5) is 31.9. The zero-order valence-corrected chi connectivity index (χ0v) is 21.8. The van der Waals surface area contributed by atoms with Gasteiger partial charge in [0.15, 0.2) is 5.17 Å². The number of amides is 1. The van der Waals surface area contributed by atoms with Crippen LogP contribution in [0.15, 0.2) is 52.5 Å². The molecule has 1 aromatic heterocycles. The fraction of sp³-hybridized carbons (Fsp3) is 0.308. The summed E-state index contributed by atoms with van der Waals surface area (Å²) in [6.07, 6.45) is -9.03. The summed E-state index contributed by atoms with van der Waals surface area (Å²) < 4.78 is 81.7. The average Bonchev–Trinajstić information content (AvgIpc) is 3.52. The molecule has 3 heterocycles. The number of aromatic amines is 1. The summed E-state index contributed by atoms with van der Waals surface area (Å²) in [5.74, 6) is -1.65. The van der Waals surface area contributed by atoms with E-state index in [9.17, 15) is 35.9 Å². The zero-order valence-electron chi connectivity index (χ0n) is 21.0. The molecule has 8 nitrogen and oxygen atoms in total. The first kappa shape index (κ1) is 28.7. The van der Waals surface area contributed by atoms with E-state index in [0.717, 1.165) is 17.8 Å². The van der Waals surface area contributed by atoms with E-state index in [1.54, 1.807) is 28.0 Å². The lowest BCUT2D eigenvalue weighted by molar-refractivity contribution is -0.143. The molecule has 0 saturated carbocycles. The van der Waals surface area contributed by atoms with Crippen LogP contribution in [0.1, 0.15) is 22.3 Å². The Morgan fingerprint density at radius 2 is 1.73 bits per heavy atom. The van der Waals surface area contributed by atoms with Crippen LogP contribution in [0.4, 0.5) is 26.3 Å². The lowest BCUT2D eigenvalue weighted by Crippen LogP contribution is -2.49. The summed E-state index contributed by atoms with van der Waals surface area (Å²) in [7, 11) is 0. The zero-order chi connectivity index (χ0) is 29.5. The lowest BCUT2D eigenvalue weighted by atomic mass is 9.92. The van der Waals surface area contributed by atoms with Gasteiger partial charge >= 0.3 is 18.3 Å². The van der Waals surface area contributed by atoms with E-state index >= 15 is 0 Å². The predicted octanol–water partition coefficient (Wildman–Crippen LogP) is 4.89. The molecule has 0 bridgehead atoms. The van der Waals surface area contributed by atoms with E-state index < -0.39 is 47.3 Å². The molecule has 1 saturated heterocycles. The normalized spacial score (nSPS) is 18.2. The number of H-pyrrole nitrogens is 1. The fourth-order valence-electron chi connectivity index (χ4n) is 4.72. The molecule has 1 amide bonds. The summed E-state index contributed by atoms with van der Waals surface area (Å²) in [6, 6.07) is 6.33. The number of halogens is 6. The van der Waals surface area contributed by atoms with Gasteiger partial charge < -0.3 is 10.0 Å². The summed E-state index contributed by atoms with van der Waals surface area (Å²) in [5.41, 5.74) is -2.08. The number of nitrogens with zero attached hydrogens (tertiary/aromatic N) is 4. The second-order valence-electron chi connectivity index (χ2n) is 9.48. The predicted molar refractivity (Wildman–Crippen MR) is 139 cm³/mol. The van der Waals surface area contributed by atoms with Crippen LogP contribution in [-0.4, -0.2) is 74.9 Å². The largest absolute Gasteiger partial charge is 0.480 e.